The predicted octanol–water partition coefficient (Wildman–Crippen LogP) is 3.41. The first-order chi connectivity index (χ1) is 12.0. The second-order valence-electron chi connectivity index (χ2n) is 6.49. The van der Waals surface area contributed by atoms with Gasteiger partial charge in [-0.25, -0.2) is 4.79 Å². The highest BCUT2D eigenvalue weighted by molar-refractivity contribution is 5.99. The summed E-state index contributed by atoms with van der Waals surface area (Å²) >= 11 is 0. The number of esters is 1. The number of anilines is 1. The lowest BCUT2D eigenvalue weighted by atomic mass is 9.78. The Hall–Kier alpha value is -2.08. The van der Waals surface area contributed by atoms with Gasteiger partial charge in [0.25, 0.3) is 5.91 Å². The molecule has 6 heteroatoms. The minimum Gasteiger partial charge on any atom is -0.493 e. The largest absolute Gasteiger partial charge is 0.493 e. The van der Waals surface area contributed by atoms with Crippen molar-refractivity contribution in [2.24, 2.45) is 5.92 Å². The van der Waals surface area contributed by atoms with E-state index in [2.05, 4.69) is 12.2 Å². The molecule has 6 nitrogen and oxygen atoms in total. The molecule has 2 rings (SSSR count). The second kappa shape index (κ2) is 8.34. The summed E-state index contributed by atoms with van der Waals surface area (Å²) in [6.07, 6.45) is 3.45. The Balaban J connectivity index is 2.23. The van der Waals surface area contributed by atoms with Gasteiger partial charge in [-0.3, -0.25) is 4.79 Å². The molecule has 1 aliphatic carbocycles. The van der Waals surface area contributed by atoms with E-state index in [0.717, 1.165) is 12.8 Å². The van der Waals surface area contributed by atoms with Crippen molar-refractivity contribution in [2.75, 3.05) is 26.1 Å². The molecule has 0 saturated heterocycles. The molecule has 2 atom stereocenters. The van der Waals surface area contributed by atoms with Gasteiger partial charge < -0.3 is 19.5 Å². The summed E-state index contributed by atoms with van der Waals surface area (Å²) in [5.74, 6) is 0.180. The van der Waals surface area contributed by atoms with Crippen molar-refractivity contribution < 1.29 is 23.8 Å². The first-order valence-corrected chi connectivity index (χ1v) is 8.67. The van der Waals surface area contributed by atoms with Gasteiger partial charge in [0.2, 0.25) is 0 Å². The molecule has 0 bridgehead atoms. The zero-order valence-corrected chi connectivity index (χ0v) is 15.4. The van der Waals surface area contributed by atoms with Crippen molar-refractivity contribution >= 4 is 17.6 Å². The first kappa shape index (κ1) is 19.2. The minimum absolute atomic E-state index is 0.179. The van der Waals surface area contributed by atoms with Gasteiger partial charge in [0.15, 0.2) is 0 Å². The average Bonchev–Trinajstić information content (AvgIpc) is 2.62. The van der Waals surface area contributed by atoms with Crippen molar-refractivity contribution in [3.05, 3.63) is 23.8 Å². The van der Waals surface area contributed by atoms with Crippen LogP contribution in [-0.2, 0) is 14.3 Å². The van der Waals surface area contributed by atoms with Gasteiger partial charge in [-0.1, -0.05) is 13.3 Å². The Bertz CT molecular complexity index is 630. The number of carbonyl (C=O) groups is 2. The third kappa shape index (κ3) is 4.31. The maximum Gasteiger partial charge on any atom is 0.341 e. The highest BCUT2D eigenvalue weighted by Gasteiger charge is 2.42. The number of ether oxygens (including phenoxy) is 3. The highest BCUT2D eigenvalue weighted by Crippen LogP contribution is 2.36. The number of hydrogen-bond donors (Lipinski definition) is 1. The fourth-order valence-electron chi connectivity index (χ4n) is 3.39. The van der Waals surface area contributed by atoms with Gasteiger partial charge in [0.1, 0.15) is 16.9 Å². The van der Waals surface area contributed by atoms with Crippen LogP contribution in [0.2, 0.25) is 0 Å². The van der Waals surface area contributed by atoms with Crippen molar-refractivity contribution in [3.8, 4) is 5.75 Å². The summed E-state index contributed by atoms with van der Waals surface area (Å²) in [7, 11) is 2.89. The lowest BCUT2D eigenvalue weighted by molar-refractivity contribution is -0.143. The van der Waals surface area contributed by atoms with Crippen LogP contribution in [0.1, 0.15) is 49.9 Å². The maximum absolute atomic E-state index is 12.8. The fraction of sp³-hybridized carbons (Fsp3) is 0.579. The molecule has 1 fully saturated rings. The molecule has 0 aliphatic heterocycles. The van der Waals surface area contributed by atoms with Gasteiger partial charge in [-0.05, 0) is 50.3 Å². The molecular formula is C19H27NO5. The summed E-state index contributed by atoms with van der Waals surface area (Å²) in [5.41, 5.74) is -0.0176. The molecule has 25 heavy (non-hydrogen) atoms. The van der Waals surface area contributed by atoms with E-state index in [0.29, 0.717) is 36.8 Å². The predicted molar refractivity (Wildman–Crippen MR) is 95.0 cm³/mol. The summed E-state index contributed by atoms with van der Waals surface area (Å²) in [4.78, 5) is 24.8. The van der Waals surface area contributed by atoms with Crippen molar-refractivity contribution in [1.29, 1.82) is 0 Å². The van der Waals surface area contributed by atoms with Crippen molar-refractivity contribution in [2.45, 2.75) is 45.1 Å². The number of methoxy groups -OCH3 is 2. The van der Waals surface area contributed by atoms with Crippen LogP contribution < -0.4 is 10.1 Å². The molecule has 1 saturated carbocycles. The summed E-state index contributed by atoms with van der Waals surface area (Å²) in [6.45, 7) is 4.40. The van der Waals surface area contributed by atoms with Crippen LogP contribution in [0.3, 0.4) is 0 Å². The third-order valence-electron chi connectivity index (χ3n) is 4.70. The maximum atomic E-state index is 12.8. The standard InChI is InChI=1S/C19H27NO5/c1-5-25-16-9-8-14(11-15(16)17(21)23-3)20-18(22)19(24-4)10-6-7-13(2)12-19/h8-9,11,13H,5-7,10,12H2,1-4H3,(H,20,22). The van der Waals surface area contributed by atoms with Gasteiger partial charge in [0.05, 0.1) is 13.7 Å². The Kier molecular flexibility index (Phi) is 6.42. The smallest absolute Gasteiger partial charge is 0.341 e. The lowest BCUT2D eigenvalue weighted by Crippen LogP contribution is -2.47. The van der Waals surface area contributed by atoms with Crippen LogP contribution in [0, 0.1) is 5.92 Å². The molecule has 1 aliphatic rings. The fourth-order valence-corrected chi connectivity index (χ4v) is 3.39. The number of amides is 1. The molecule has 2 unspecified atom stereocenters. The van der Waals surface area contributed by atoms with E-state index in [1.807, 2.05) is 6.92 Å². The summed E-state index contributed by atoms with van der Waals surface area (Å²) < 4.78 is 15.9. The SMILES string of the molecule is CCOc1ccc(NC(=O)C2(OC)CCCC(C)C2)cc1C(=O)OC. The number of benzene rings is 1. The molecule has 138 valence electrons. The molecule has 0 aromatic heterocycles. The zero-order valence-electron chi connectivity index (χ0n) is 15.4. The Labute approximate surface area is 148 Å². The molecule has 1 aromatic rings. The van der Waals surface area contributed by atoms with Crippen LogP contribution in [-0.4, -0.2) is 38.3 Å². The van der Waals surface area contributed by atoms with Gasteiger partial charge in [-0.15, -0.1) is 0 Å². The van der Waals surface area contributed by atoms with E-state index >= 15 is 0 Å². The monoisotopic (exact) mass is 349 g/mol. The van der Waals surface area contributed by atoms with Crippen molar-refractivity contribution in [1.82, 2.24) is 0 Å². The van der Waals surface area contributed by atoms with E-state index in [4.69, 9.17) is 14.2 Å². The van der Waals surface area contributed by atoms with E-state index < -0.39 is 11.6 Å². The van der Waals surface area contributed by atoms with E-state index in [9.17, 15) is 9.59 Å². The Morgan fingerprint density at radius 2 is 2.08 bits per heavy atom. The van der Waals surface area contributed by atoms with Gasteiger partial charge in [-0.2, -0.15) is 0 Å². The topological polar surface area (TPSA) is 73.9 Å². The van der Waals surface area contributed by atoms with E-state index in [1.165, 1.54) is 7.11 Å². The molecule has 0 spiro atoms. The van der Waals surface area contributed by atoms with Gasteiger partial charge in [0, 0.05) is 12.8 Å². The van der Waals surface area contributed by atoms with Crippen molar-refractivity contribution in [3.63, 3.8) is 0 Å². The molecule has 1 amide bonds. The number of nitrogens with one attached hydrogen (secondary N) is 1. The van der Waals surface area contributed by atoms with Crippen LogP contribution in [0.5, 0.6) is 5.75 Å². The summed E-state index contributed by atoms with van der Waals surface area (Å²) in [5, 5.41) is 2.89. The van der Waals surface area contributed by atoms with E-state index in [1.54, 1.807) is 25.3 Å². The zero-order chi connectivity index (χ0) is 18.4. The summed E-state index contributed by atoms with van der Waals surface area (Å²) in [6, 6.07) is 4.95. The van der Waals surface area contributed by atoms with Crippen LogP contribution in [0.25, 0.3) is 0 Å². The molecule has 1 N–H and O–H groups in total. The minimum atomic E-state index is -0.818. The quantitative estimate of drug-likeness (QED) is 0.797. The molecular weight excluding hydrogens is 322 g/mol. The number of carbonyl (C=O) groups excluding carboxylic acids is 2. The van der Waals surface area contributed by atoms with Crippen LogP contribution >= 0.6 is 0 Å². The lowest BCUT2D eigenvalue weighted by Gasteiger charge is -2.37. The first-order valence-electron chi connectivity index (χ1n) is 8.67. The number of rotatable bonds is 6. The highest BCUT2D eigenvalue weighted by atomic mass is 16.5. The normalized spacial score (nSPS) is 23.0. The second-order valence-corrected chi connectivity index (χ2v) is 6.49. The van der Waals surface area contributed by atoms with Crippen LogP contribution in [0.15, 0.2) is 18.2 Å². The molecule has 0 radical (unpaired) electrons. The van der Waals surface area contributed by atoms with E-state index in [-0.39, 0.29) is 11.5 Å². The molecule has 1 aromatic carbocycles. The van der Waals surface area contributed by atoms with Gasteiger partial charge >= 0.3 is 5.97 Å². The number of hydrogen-bond acceptors (Lipinski definition) is 5. The third-order valence-corrected chi connectivity index (χ3v) is 4.70. The molecule has 0 heterocycles. The Morgan fingerprint density at radius 1 is 1.32 bits per heavy atom. The van der Waals surface area contributed by atoms with Crippen LogP contribution in [0.4, 0.5) is 5.69 Å². The Morgan fingerprint density at radius 3 is 2.68 bits per heavy atom. The average molecular weight is 349 g/mol.